The third-order valence-corrected chi connectivity index (χ3v) is 4.48. The Balaban J connectivity index is 1.62. The third-order valence-electron chi connectivity index (χ3n) is 4.48. The minimum Gasteiger partial charge on any atom is -0.386 e. The highest BCUT2D eigenvalue weighted by molar-refractivity contribution is 6.43. The molecule has 0 bridgehead atoms. The molecule has 7 heteroatoms. The summed E-state index contributed by atoms with van der Waals surface area (Å²) < 4.78 is 0. The molecule has 24 heavy (non-hydrogen) atoms. The SMILES string of the molecule is Cc1ncccc1NC(=O)C1=NOC2(CCN(C(=O)C(C)C)C2)C1. The van der Waals surface area contributed by atoms with Crippen LogP contribution in [0.3, 0.4) is 0 Å². The molecule has 1 aromatic rings. The van der Waals surface area contributed by atoms with Crippen molar-refractivity contribution in [1.29, 1.82) is 0 Å². The zero-order chi connectivity index (χ0) is 17.3. The van der Waals surface area contributed by atoms with E-state index in [0.717, 1.165) is 5.69 Å². The van der Waals surface area contributed by atoms with Gasteiger partial charge in [-0.2, -0.15) is 0 Å². The summed E-state index contributed by atoms with van der Waals surface area (Å²) in [7, 11) is 0. The van der Waals surface area contributed by atoms with Gasteiger partial charge in [-0.15, -0.1) is 0 Å². The molecule has 3 rings (SSSR count). The molecule has 0 aliphatic carbocycles. The number of aromatic nitrogens is 1. The Morgan fingerprint density at radius 3 is 2.92 bits per heavy atom. The molecule has 1 N–H and O–H groups in total. The van der Waals surface area contributed by atoms with Crippen molar-refractivity contribution in [3.05, 3.63) is 24.0 Å². The van der Waals surface area contributed by atoms with Crippen LogP contribution < -0.4 is 5.32 Å². The van der Waals surface area contributed by atoms with E-state index in [9.17, 15) is 9.59 Å². The second-order valence-corrected chi connectivity index (χ2v) is 6.74. The van der Waals surface area contributed by atoms with Gasteiger partial charge in [0.25, 0.3) is 5.91 Å². The van der Waals surface area contributed by atoms with Crippen molar-refractivity contribution in [2.24, 2.45) is 11.1 Å². The van der Waals surface area contributed by atoms with Gasteiger partial charge in [0, 0.05) is 31.5 Å². The number of nitrogens with zero attached hydrogens (tertiary/aromatic N) is 3. The Kier molecular flexibility index (Phi) is 4.26. The number of hydrogen-bond donors (Lipinski definition) is 1. The van der Waals surface area contributed by atoms with E-state index in [1.807, 2.05) is 20.8 Å². The Morgan fingerprint density at radius 2 is 2.21 bits per heavy atom. The van der Waals surface area contributed by atoms with Crippen molar-refractivity contribution in [2.75, 3.05) is 18.4 Å². The largest absolute Gasteiger partial charge is 0.386 e. The second-order valence-electron chi connectivity index (χ2n) is 6.74. The minimum absolute atomic E-state index is 0.0428. The molecule has 3 heterocycles. The summed E-state index contributed by atoms with van der Waals surface area (Å²) in [6, 6.07) is 3.56. The molecular weight excluding hydrogens is 308 g/mol. The van der Waals surface area contributed by atoms with Gasteiger partial charge in [-0.1, -0.05) is 19.0 Å². The summed E-state index contributed by atoms with van der Waals surface area (Å²) in [5, 5.41) is 6.80. The number of nitrogens with one attached hydrogen (secondary N) is 1. The fourth-order valence-corrected chi connectivity index (χ4v) is 3.07. The molecule has 1 saturated heterocycles. The van der Waals surface area contributed by atoms with Crippen molar-refractivity contribution in [3.8, 4) is 0 Å². The van der Waals surface area contributed by atoms with Crippen LogP contribution >= 0.6 is 0 Å². The standard InChI is InChI=1S/C17H22N4O3/c1-11(2)16(23)21-8-6-17(10-21)9-14(20-24-17)15(22)19-13-5-4-7-18-12(13)3/h4-5,7,11H,6,8-10H2,1-3H3,(H,19,22). The lowest BCUT2D eigenvalue weighted by atomic mass is 9.96. The van der Waals surface area contributed by atoms with E-state index in [1.165, 1.54) is 0 Å². The van der Waals surface area contributed by atoms with Crippen LogP contribution in [0.4, 0.5) is 5.69 Å². The van der Waals surface area contributed by atoms with Gasteiger partial charge in [0.1, 0.15) is 5.71 Å². The third kappa shape index (κ3) is 3.11. The molecule has 1 unspecified atom stereocenters. The van der Waals surface area contributed by atoms with Crippen LogP contribution in [-0.4, -0.2) is 46.1 Å². The summed E-state index contributed by atoms with van der Waals surface area (Å²) >= 11 is 0. The molecule has 0 aromatic carbocycles. The van der Waals surface area contributed by atoms with Crippen LogP contribution in [0.15, 0.2) is 23.5 Å². The zero-order valence-electron chi connectivity index (χ0n) is 14.2. The molecular formula is C17H22N4O3. The quantitative estimate of drug-likeness (QED) is 0.915. The van der Waals surface area contributed by atoms with E-state index in [0.29, 0.717) is 37.3 Å². The zero-order valence-corrected chi connectivity index (χ0v) is 14.2. The molecule has 0 radical (unpaired) electrons. The molecule has 1 atom stereocenters. The van der Waals surface area contributed by atoms with Gasteiger partial charge >= 0.3 is 0 Å². The fourth-order valence-electron chi connectivity index (χ4n) is 3.07. The summed E-state index contributed by atoms with van der Waals surface area (Å²) in [6.45, 7) is 6.72. The first-order chi connectivity index (χ1) is 11.4. The number of pyridine rings is 1. The van der Waals surface area contributed by atoms with E-state index in [1.54, 1.807) is 23.2 Å². The van der Waals surface area contributed by atoms with Gasteiger partial charge in [0.15, 0.2) is 5.60 Å². The molecule has 2 amide bonds. The molecule has 2 aliphatic heterocycles. The summed E-state index contributed by atoms with van der Waals surface area (Å²) in [4.78, 5) is 36.1. The number of aryl methyl sites for hydroxylation is 1. The van der Waals surface area contributed by atoms with Crippen LogP contribution in [0.25, 0.3) is 0 Å². The molecule has 1 aromatic heterocycles. The number of amides is 2. The van der Waals surface area contributed by atoms with E-state index in [4.69, 9.17) is 4.84 Å². The lowest BCUT2D eigenvalue weighted by molar-refractivity contribution is -0.134. The number of anilines is 1. The number of carbonyl (C=O) groups is 2. The Bertz CT molecular complexity index is 701. The predicted octanol–water partition coefficient (Wildman–Crippen LogP) is 1.73. The number of rotatable bonds is 3. The van der Waals surface area contributed by atoms with Crippen molar-refractivity contribution in [1.82, 2.24) is 9.88 Å². The fraction of sp³-hybridized carbons (Fsp3) is 0.529. The topological polar surface area (TPSA) is 83.9 Å². The highest BCUT2D eigenvalue weighted by atomic mass is 16.7. The van der Waals surface area contributed by atoms with Crippen molar-refractivity contribution < 1.29 is 14.4 Å². The molecule has 7 nitrogen and oxygen atoms in total. The molecule has 2 aliphatic rings. The van der Waals surface area contributed by atoms with Crippen LogP contribution in [-0.2, 0) is 14.4 Å². The van der Waals surface area contributed by atoms with Gasteiger partial charge in [0.2, 0.25) is 5.91 Å². The number of likely N-dealkylation sites (tertiary alicyclic amines) is 1. The van der Waals surface area contributed by atoms with E-state index < -0.39 is 5.60 Å². The molecule has 1 spiro atoms. The maximum atomic E-state index is 12.4. The second kappa shape index (κ2) is 6.22. The van der Waals surface area contributed by atoms with Crippen LogP contribution in [0, 0.1) is 12.8 Å². The monoisotopic (exact) mass is 330 g/mol. The first-order valence-electron chi connectivity index (χ1n) is 8.17. The molecule has 1 fully saturated rings. The van der Waals surface area contributed by atoms with Crippen molar-refractivity contribution in [2.45, 2.75) is 39.2 Å². The highest BCUT2D eigenvalue weighted by Gasteiger charge is 2.48. The first kappa shape index (κ1) is 16.4. The Hall–Kier alpha value is -2.44. The van der Waals surface area contributed by atoms with E-state index in [-0.39, 0.29) is 17.7 Å². The van der Waals surface area contributed by atoms with Crippen molar-refractivity contribution >= 4 is 23.2 Å². The van der Waals surface area contributed by atoms with E-state index in [2.05, 4.69) is 15.5 Å². The van der Waals surface area contributed by atoms with Gasteiger partial charge in [-0.25, -0.2) is 0 Å². The maximum Gasteiger partial charge on any atom is 0.273 e. The average molecular weight is 330 g/mol. The highest BCUT2D eigenvalue weighted by Crippen LogP contribution is 2.34. The summed E-state index contributed by atoms with van der Waals surface area (Å²) in [5.74, 6) is -0.213. The molecule has 128 valence electrons. The van der Waals surface area contributed by atoms with Crippen LogP contribution in [0.2, 0.25) is 0 Å². The Morgan fingerprint density at radius 1 is 1.42 bits per heavy atom. The maximum absolute atomic E-state index is 12.4. The van der Waals surface area contributed by atoms with E-state index >= 15 is 0 Å². The summed E-state index contributed by atoms with van der Waals surface area (Å²) in [6.07, 6.45) is 2.78. The van der Waals surface area contributed by atoms with Crippen molar-refractivity contribution in [3.63, 3.8) is 0 Å². The van der Waals surface area contributed by atoms with Gasteiger partial charge in [-0.05, 0) is 19.1 Å². The Labute approximate surface area is 141 Å². The molecule has 0 saturated carbocycles. The van der Waals surface area contributed by atoms with Crippen LogP contribution in [0.5, 0.6) is 0 Å². The first-order valence-corrected chi connectivity index (χ1v) is 8.17. The predicted molar refractivity (Wildman–Crippen MR) is 89.5 cm³/mol. The number of hydrogen-bond acceptors (Lipinski definition) is 5. The smallest absolute Gasteiger partial charge is 0.273 e. The normalized spacial score (nSPS) is 22.7. The van der Waals surface area contributed by atoms with Gasteiger partial charge < -0.3 is 15.1 Å². The van der Waals surface area contributed by atoms with Crippen LogP contribution in [0.1, 0.15) is 32.4 Å². The summed E-state index contributed by atoms with van der Waals surface area (Å²) in [5.41, 5.74) is 1.21. The average Bonchev–Trinajstić information content (AvgIpc) is 3.16. The van der Waals surface area contributed by atoms with Gasteiger partial charge in [-0.3, -0.25) is 14.6 Å². The number of carbonyl (C=O) groups excluding carboxylic acids is 2. The lowest BCUT2D eigenvalue weighted by Gasteiger charge is -2.22. The van der Waals surface area contributed by atoms with Gasteiger partial charge in [0.05, 0.1) is 17.9 Å². The lowest BCUT2D eigenvalue weighted by Crippen LogP contribution is -2.38. The minimum atomic E-state index is -0.554. The number of oxime groups is 1.